The highest BCUT2D eigenvalue weighted by Crippen LogP contribution is 2.32. The Kier molecular flexibility index (Phi) is 5.02. The molecular formula is C16H19NO6. The van der Waals surface area contributed by atoms with Crippen LogP contribution >= 0.6 is 0 Å². The zero-order chi connectivity index (χ0) is 16.2. The highest BCUT2D eigenvalue weighted by atomic mass is 16.7. The van der Waals surface area contributed by atoms with E-state index in [1.165, 1.54) is 6.92 Å². The van der Waals surface area contributed by atoms with Crippen LogP contribution in [-0.2, 0) is 28.6 Å². The van der Waals surface area contributed by atoms with E-state index >= 15 is 0 Å². The minimum atomic E-state index is -0.511. The lowest BCUT2D eigenvalue weighted by molar-refractivity contribution is -0.286. The zero-order valence-corrected chi connectivity index (χ0v) is 13.0. The molecule has 0 aliphatic carbocycles. The Morgan fingerprint density at radius 1 is 1.26 bits per heavy atom. The lowest BCUT2D eigenvalue weighted by Gasteiger charge is -2.41. The second-order valence-electron chi connectivity index (χ2n) is 5.34. The zero-order valence-electron chi connectivity index (χ0n) is 13.0. The Bertz CT molecular complexity index is 575. The normalized spacial score (nSPS) is 32.3. The van der Waals surface area contributed by atoms with Gasteiger partial charge in [-0.3, -0.25) is 0 Å². The molecule has 0 spiro atoms. The first-order chi connectivity index (χ1) is 11.2. The number of carbonyl (C=O) groups is 1. The molecule has 2 heterocycles. The Morgan fingerprint density at radius 2 is 2.04 bits per heavy atom. The molecule has 0 N–H and O–H groups in total. The van der Waals surface area contributed by atoms with E-state index < -0.39 is 24.7 Å². The van der Waals surface area contributed by atoms with Crippen LogP contribution in [0.2, 0.25) is 0 Å². The SMILES string of the molecule is CO[C@H]1C/C(=N/OC(C)=O)[C@H]2O[C@H](c3ccccc3)OC[C@@H]2O1. The van der Waals surface area contributed by atoms with Crippen molar-refractivity contribution in [2.45, 2.75) is 38.1 Å². The number of methoxy groups -OCH3 is 1. The molecule has 2 aliphatic heterocycles. The average Bonchev–Trinajstić information content (AvgIpc) is 2.59. The molecule has 124 valence electrons. The topological polar surface area (TPSA) is 75.6 Å². The quantitative estimate of drug-likeness (QED) is 0.624. The summed E-state index contributed by atoms with van der Waals surface area (Å²) in [5.74, 6) is -0.485. The summed E-state index contributed by atoms with van der Waals surface area (Å²) < 4.78 is 22.7. The molecule has 7 heteroatoms. The van der Waals surface area contributed by atoms with Crippen LogP contribution in [0.4, 0.5) is 0 Å². The van der Waals surface area contributed by atoms with Gasteiger partial charge in [-0.2, -0.15) is 0 Å². The Labute approximate surface area is 134 Å². The average molecular weight is 321 g/mol. The first kappa shape index (κ1) is 16.1. The Hall–Kier alpha value is -1.80. The van der Waals surface area contributed by atoms with E-state index in [2.05, 4.69) is 5.16 Å². The fourth-order valence-corrected chi connectivity index (χ4v) is 2.60. The number of rotatable bonds is 3. The van der Waals surface area contributed by atoms with Crippen LogP contribution in [0.1, 0.15) is 25.2 Å². The standard InChI is InChI=1S/C16H19NO6/c1-10(18)23-17-12-8-14(19-2)21-13-9-20-16(22-15(12)13)11-6-4-3-5-7-11/h3-7,13-16H,8-9H2,1-2H3/b17-12-/t13-,14+,15+,16+/m0/s1. The summed E-state index contributed by atoms with van der Waals surface area (Å²) >= 11 is 0. The molecule has 2 aliphatic rings. The van der Waals surface area contributed by atoms with Gasteiger partial charge in [-0.1, -0.05) is 35.5 Å². The number of benzene rings is 1. The lowest BCUT2D eigenvalue weighted by atomic mass is 10.0. The van der Waals surface area contributed by atoms with Crippen molar-refractivity contribution in [2.75, 3.05) is 13.7 Å². The van der Waals surface area contributed by atoms with Gasteiger partial charge in [0.15, 0.2) is 12.6 Å². The maximum atomic E-state index is 11.0. The van der Waals surface area contributed by atoms with Gasteiger partial charge in [0, 0.05) is 26.0 Å². The molecule has 1 aromatic rings. The van der Waals surface area contributed by atoms with Crippen LogP contribution in [0.15, 0.2) is 35.5 Å². The van der Waals surface area contributed by atoms with Crippen molar-refractivity contribution in [1.82, 2.24) is 0 Å². The predicted molar refractivity (Wildman–Crippen MR) is 79.5 cm³/mol. The molecule has 0 unspecified atom stereocenters. The van der Waals surface area contributed by atoms with Gasteiger partial charge in [0.25, 0.3) is 0 Å². The van der Waals surface area contributed by atoms with E-state index in [0.717, 1.165) is 5.56 Å². The van der Waals surface area contributed by atoms with Crippen molar-refractivity contribution in [3.8, 4) is 0 Å². The third kappa shape index (κ3) is 3.76. The van der Waals surface area contributed by atoms with Crippen LogP contribution in [0.5, 0.6) is 0 Å². The smallest absolute Gasteiger partial charge is 0.331 e. The minimum Gasteiger partial charge on any atom is -0.355 e. The van der Waals surface area contributed by atoms with Gasteiger partial charge >= 0.3 is 5.97 Å². The van der Waals surface area contributed by atoms with Gasteiger partial charge < -0.3 is 23.8 Å². The third-order valence-electron chi connectivity index (χ3n) is 3.68. The van der Waals surface area contributed by atoms with Crippen molar-refractivity contribution in [3.63, 3.8) is 0 Å². The number of hydrogen-bond donors (Lipinski definition) is 0. The molecule has 1 aromatic carbocycles. The van der Waals surface area contributed by atoms with E-state index in [1.54, 1.807) is 7.11 Å². The molecule has 0 saturated carbocycles. The molecule has 4 atom stereocenters. The molecule has 0 bridgehead atoms. The first-order valence-corrected chi connectivity index (χ1v) is 7.42. The van der Waals surface area contributed by atoms with Crippen molar-refractivity contribution >= 4 is 11.7 Å². The molecule has 7 nitrogen and oxygen atoms in total. The molecular weight excluding hydrogens is 302 g/mol. The fourth-order valence-electron chi connectivity index (χ4n) is 2.60. The number of fused-ring (bicyclic) bond motifs is 1. The molecule has 0 radical (unpaired) electrons. The van der Waals surface area contributed by atoms with E-state index in [9.17, 15) is 4.79 Å². The predicted octanol–water partition coefficient (Wildman–Crippen LogP) is 1.78. The summed E-state index contributed by atoms with van der Waals surface area (Å²) in [6.45, 7) is 1.63. The molecule has 0 amide bonds. The van der Waals surface area contributed by atoms with Crippen molar-refractivity contribution in [3.05, 3.63) is 35.9 Å². The van der Waals surface area contributed by atoms with Gasteiger partial charge in [0.1, 0.15) is 12.2 Å². The Morgan fingerprint density at radius 3 is 2.74 bits per heavy atom. The third-order valence-corrected chi connectivity index (χ3v) is 3.68. The van der Waals surface area contributed by atoms with Crippen molar-refractivity contribution in [1.29, 1.82) is 0 Å². The Balaban J connectivity index is 1.78. The summed E-state index contributed by atoms with van der Waals surface area (Å²) in [5.41, 5.74) is 1.49. The second kappa shape index (κ2) is 7.18. The maximum Gasteiger partial charge on any atom is 0.331 e. The van der Waals surface area contributed by atoms with Crippen LogP contribution in [0.3, 0.4) is 0 Å². The van der Waals surface area contributed by atoms with Gasteiger partial charge in [-0.25, -0.2) is 4.79 Å². The maximum absolute atomic E-state index is 11.0. The van der Waals surface area contributed by atoms with Gasteiger partial charge in [0.2, 0.25) is 0 Å². The van der Waals surface area contributed by atoms with E-state index in [1.807, 2.05) is 30.3 Å². The number of carbonyl (C=O) groups excluding carboxylic acids is 1. The number of nitrogens with zero attached hydrogens (tertiary/aromatic N) is 1. The monoisotopic (exact) mass is 321 g/mol. The van der Waals surface area contributed by atoms with E-state index in [0.29, 0.717) is 18.7 Å². The second-order valence-corrected chi connectivity index (χ2v) is 5.34. The molecule has 3 rings (SSSR count). The summed E-state index contributed by atoms with van der Waals surface area (Å²) in [4.78, 5) is 15.8. The molecule has 0 aromatic heterocycles. The van der Waals surface area contributed by atoms with E-state index in [4.69, 9.17) is 23.8 Å². The summed E-state index contributed by atoms with van der Waals surface area (Å²) in [6, 6.07) is 9.61. The van der Waals surface area contributed by atoms with Gasteiger partial charge in [-0.05, 0) is 0 Å². The van der Waals surface area contributed by atoms with Crippen LogP contribution in [-0.4, -0.2) is 43.9 Å². The molecule has 2 fully saturated rings. The largest absolute Gasteiger partial charge is 0.355 e. The van der Waals surface area contributed by atoms with Crippen LogP contribution in [0.25, 0.3) is 0 Å². The number of oxime groups is 1. The summed E-state index contributed by atoms with van der Waals surface area (Å²) in [7, 11) is 1.55. The van der Waals surface area contributed by atoms with Crippen molar-refractivity contribution < 1.29 is 28.6 Å². The number of ether oxygens (including phenoxy) is 4. The minimum absolute atomic E-state index is 0.336. The highest BCUT2D eigenvalue weighted by Gasteiger charge is 2.43. The van der Waals surface area contributed by atoms with E-state index in [-0.39, 0.29) is 6.10 Å². The summed E-state index contributed by atoms with van der Waals surface area (Å²) in [6.07, 6.45) is -1.41. The lowest BCUT2D eigenvalue weighted by Crippen LogP contribution is -2.53. The number of hydrogen-bond acceptors (Lipinski definition) is 7. The van der Waals surface area contributed by atoms with Crippen LogP contribution < -0.4 is 0 Å². The van der Waals surface area contributed by atoms with Crippen molar-refractivity contribution in [2.24, 2.45) is 5.16 Å². The van der Waals surface area contributed by atoms with Crippen LogP contribution in [0, 0.1) is 0 Å². The summed E-state index contributed by atoms with van der Waals surface area (Å²) in [5, 5.41) is 3.92. The highest BCUT2D eigenvalue weighted by molar-refractivity contribution is 5.90. The van der Waals surface area contributed by atoms with Gasteiger partial charge in [-0.15, -0.1) is 0 Å². The first-order valence-electron chi connectivity index (χ1n) is 7.42. The molecule has 23 heavy (non-hydrogen) atoms. The van der Waals surface area contributed by atoms with Gasteiger partial charge in [0.05, 0.1) is 12.3 Å². The molecule has 2 saturated heterocycles. The fraction of sp³-hybridized carbons (Fsp3) is 0.500.